The van der Waals surface area contributed by atoms with Crippen molar-refractivity contribution >= 4 is 33.3 Å². The molecule has 0 spiro atoms. The summed E-state index contributed by atoms with van der Waals surface area (Å²) < 4.78 is 18.1. The number of amides is 1. The highest BCUT2D eigenvalue weighted by atomic mass is 16.5. The number of hydrogen-bond donors (Lipinski definition) is 0. The van der Waals surface area contributed by atoms with Crippen LogP contribution < -0.4 is 14.4 Å². The van der Waals surface area contributed by atoms with E-state index in [1.165, 1.54) is 0 Å². The molecule has 0 N–H and O–H groups in total. The van der Waals surface area contributed by atoms with Crippen LogP contribution in [0.2, 0.25) is 0 Å². The Kier molecular flexibility index (Phi) is 6.48. The molecule has 6 nitrogen and oxygen atoms in total. The molecule has 38 heavy (non-hydrogen) atoms. The van der Waals surface area contributed by atoms with Crippen LogP contribution in [0, 0.1) is 0 Å². The van der Waals surface area contributed by atoms with E-state index in [1.807, 2.05) is 91.8 Å². The van der Waals surface area contributed by atoms with Crippen LogP contribution in [-0.4, -0.2) is 44.6 Å². The Hall–Kier alpha value is -4.29. The molecular weight excluding hydrogens is 476 g/mol. The monoisotopic (exact) mass is 506 g/mol. The number of anilines is 1. The summed E-state index contributed by atoms with van der Waals surface area (Å²) in [6.45, 7) is 2.47. The van der Waals surface area contributed by atoms with Crippen molar-refractivity contribution in [2.24, 2.45) is 0 Å². The van der Waals surface area contributed by atoms with Crippen LogP contribution in [0.15, 0.2) is 89.3 Å². The summed E-state index contributed by atoms with van der Waals surface area (Å²) in [5, 5.41) is 3.02. The van der Waals surface area contributed by atoms with Gasteiger partial charge in [0, 0.05) is 29.9 Å². The lowest BCUT2D eigenvalue weighted by molar-refractivity contribution is 0.0965. The highest BCUT2D eigenvalue weighted by molar-refractivity contribution is 6.10. The van der Waals surface area contributed by atoms with Gasteiger partial charge in [-0.3, -0.25) is 4.79 Å². The Morgan fingerprint density at radius 3 is 2.53 bits per heavy atom. The lowest BCUT2D eigenvalue weighted by atomic mass is 10.0. The van der Waals surface area contributed by atoms with Gasteiger partial charge in [-0.05, 0) is 61.3 Å². The fourth-order valence-corrected chi connectivity index (χ4v) is 5.00. The van der Waals surface area contributed by atoms with Crippen LogP contribution in [0.1, 0.15) is 21.7 Å². The predicted molar refractivity (Wildman–Crippen MR) is 150 cm³/mol. The largest absolute Gasteiger partial charge is 0.492 e. The summed E-state index contributed by atoms with van der Waals surface area (Å²) in [5.41, 5.74) is 3.80. The van der Waals surface area contributed by atoms with Gasteiger partial charge in [0.05, 0.1) is 5.69 Å². The van der Waals surface area contributed by atoms with Gasteiger partial charge in [-0.15, -0.1) is 0 Å². The summed E-state index contributed by atoms with van der Waals surface area (Å²) in [7, 11) is 4.02. The number of furan rings is 1. The van der Waals surface area contributed by atoms with Gasteiger partial charge >= 0.3 is 0 Å². The summed E-state index contributed by atoms with van der Waals surface area (Å²) in [5.74, 6) is 1.70. The molecule has 0 bridgehead atoms. The molecule has 0 saturated carbocycles. The lowest BCUT2D eigenvalue weighted by Gasteiger charge is -2.18. The predicted octanol–water partition coefficient (Wildman–Crippen LogP) is 6.31. The zero-order chi connectivity index (χ0) is 26.1. The second-order valence-corrected chi connectivity index (χ2v) is 9.86. The first-order valence-corrected chi connectivity index (χ1v) is 12.9. The molecule has 0 radical (unpaired) electrons. The minimum atomic E-state index is -0.153. The van der Waals surface area contributed by atoms with E-state index in [4.69, 9.17) is 13.9 Å². The van der Waals surface area contributed by atoms with E-state index >= 15 is 0 Å². The van der Waals surface area contributed by atoms with Gasteiger partial charge in [0.15, 0.2) is 5.76 Å². The third-order valence-electron chi connectivity index (χ3n) is 6.96. The number of carbonyl (C=O) groups excluding carboxylic acids is 1. The smallest absolute Gasteiger partial charge is 0.294 e. The third-order valence-corrected chi connectivity index (χ3v) is 6.96. The van der Waals surface area contributed by atoms with Crippen LogP contribution in [0.25, 0.3) is 21.7 Å². The first kappa shape index (κ1) is 24.1. The maximum atomic E-state index is 13.7. The Balaban J connectivity index is 1.29. The summed E-state index contributed by atoms with van der Waals surface area (Å²) in [6, 6.07) is 27.8. The van der Waals surface area contributed by atoms with Crippen LogP contribution >= 0.6 is 0 Å². The number of rotatable bonds is 8. The molecule has 2 heterocycles. The Labute approximate surface area is 222 Å². The SMILES string of the molecule is CN(C)CCOc1ccc2oc(C(=O)N3CCc4c3cc(OCc3ccccc3)c3ccccc43)cc2c1. The van der Waals surface area contributed by atoms with Gasteiger partial charge in [0.1, 0.15) is 30.3 Å². The average molecular weight is 507 g/mol. The molecule has 6 heteroatoms. The van der Waals surface area contributed by atoms with Crippen molar-refractivity contribution < 1.29 is 18.7 Å². The minimum absolute atomic E-state index is 0.153. The number of nitrogens with zero attached hydrogens (tertiary/aromatic N) is 2. The van der Waals surface area contributed by atoms with Gasteiger partial charge in [-0.1, -0.05) is 54.6 Å². The van der Waals surface area contributed by atoms with Crippen molar-refractivity contribution in [1.82, 2.24) is 4.90 Å². The Morgan fingerprint density at radius 1 is 0.921 bits per heavy atom. The number of benzene rings is 4. The van der Waals surface area contributed by atoms with Gasteiger partial charge in [-0.2, -0.15) is 0 Å². The van der Waals surface area contributed by atoms with E-state index in [0.717, 1.165) is 57.4 Å². The minimum Gasteiger partial charge on any atom is -0.492 e. The topological polar surface area (TPSA) is 55.2 Å². The number of hydrogen-bond acceptors (Lipinski definition) is 5. The summed E-state index contributed by atoms with van der Waals surface area (Å²) in [6.07, 6.45) is 0.782. The molecule has 1 aliphatic heterocycles. The molecule has 0 unspecified atom stereocenters. The Bertz CT molecular complexity index is 1610. The zero-order valence-electron chi connectivity index (χ0n) is 21.6. The average Bonchev–Trinajstić information content (AvgIpc) is 3.56. The maximum Gasteiger partial charge on any atom is 0.294 e. The maximum absolute atomic E-state index is 13.7. The molecule has 192 valence electrons. The summed E-state index contributed by atoms with van der Waals surface area (Å²) >= 11 is 0. The van der Waals surface area contributed by atoms with Crippen molar-refractivity contribution in [1.29, 1.82) is 0 Å². The highest BCUT2D eigenvalue weighted by Crippen LogP contribution is 2.41. The number of carbonyl (C=O) groups is 1. The van der Waals surface area contributed by atoms with Gasteiger partial charge in [-0.25, -0.2) is 0 Å². The van der Waals surface area contributed by atoms with Crippen molar-refractivity contribution in [2.75, 3.05) is 38.7 Å². The second kappa shape index (κ2) is 10.2. The normalized spacial score (nSPS) is 12.9. The van der Waals surface area contributed by atoms with E-state index in [2.05, 4.69) is 17.0 Å². The molecule has 0 fully saturated rings. The fraction of sp³-hybridized carbons (Fsp3) is 0.219. The van der Waals surface area contributed by atoms with Gasteiger partial charge < -0.3 is 23.7 Å². The standard InChI is InChI=1S/C32H30N2O4/c1-33(2)16-17-36-24-12-13-29-23(18-24)19-31(38-29)32(35)34-15-14-26-25-10-6-7-11-27(25)30(20-28(26)34)37-21-22-8-4-3-5-9-22/h3-13,18-20H,14-17,21H2,1-2H3. The molecule has 1 aliphatic rings. The van der Waals surface area contributed by atoms with E-state index in [9.17, 15) is 4.79 Å². The quantitative estimate of drug-likeness (QED) is 0.247. The molecule has 0 aliphatic carbocycles. The van der Waals surface area contributed by atoms with E-state index in [1.54, 1.807) is 0 Å². The summed E-state index contributed by atoms with van der Waals surface area (Å²) in [4.78, 5) is 17.6. The van der Waals surface area contributed by atoms with Crippen molar-refractivity contribution in [2.45, 2.75) is 13.0 Å². The first-order valence-electron chi connectivity index (χ1n) is 12.9. The second-order valence-electron chi connectivity index (χ2n) is 9.86. The van der Waals surface area contributed by atoms with Crippen LogP contribution in [0.4, 0.5) is 5.69 Å². The van der Waals surface area contributed by atoms with Crippen LogP contribution in [0.5, 0.6) is 11.5 Å². The van der Waals surface area contributed by atoms with Crippen molar-refractivity contribution in [3.8, 4) is 11.5 Å². The van der Waals surface area contributed by atoms with Crippen LogP contribution in [0.3, 0.4) is 0 Å². The molecule has 0 atom stereocenters. The highest BCUT2D eigenvalue weighted by Gasteiger charge is 2.30. The fourth-order valence-electron chi connectivity index (χ4n) is 5.00. The van der Waals surface area contributed by atoms with Crippen molar-refractivity contribution in [3.63, 3.8) is 0 Å². The first-order chi connectivity index (χ1) is 18.6. The molecule has 0 saturated heterocycles. The van der Waals surface area contributed by atoms with E-state index in [-0.39, 0.29) is 5.91 Å². The Morgan fingerprint density at radius 2 is 1.71 bits per heavy atom. The number of ether oxygens (including phenoxy) is 2. The molecule has 1 aromatic heterocycles. The van der Waals surface area contributed by atoms with E-state index < -0.39 is 0 Å². The van der Waals surface area contributed by atoms with Crippen molar-refractivity contribution in [3.05, 3.63) is 102 Å². The number of fused-ring (bicyclic) bond motifs is 4. The van der Waals surface area contributed by atoms with Gasteiger partial charge in [0.2, 0.25) is 0 Å². The molecule has 6 rings (SSSR count). The van der Waals surface area contributed by atoms with E-state index in [0.29, 0.717) is 31.1 Å². The molecule has 4 aromatic carbocycles. The number of likely N-dealkylation sites (N-methyl/N-ethyl adjacent to an activating group) is 1. The molecular formula is C32H30N2O4. The lowest BCUT2D eigenvalue weighted by Crippen LogP contribution is -2.28. The molecule has 1 amide bonds. The van der Waals surface area contributed by atoms with Crippen LogP contribution in [-0.2, 0) is 13.0 Å². The third kappa shape index (κ3) is 4.71. The zero-order valence-corrected chi connectivity index (χ0v) is 21.6. The molecule has 5 aromatic rings. The van der Waals surface area contributed by atoms with Gasteiger partial charge in [0.25, 0.3) is 5.91 Å².